The van der Waals surface area contributed by atoms with Crippen LogP contribution in [0.3, 0.4) is 0 Å². The van der Waals surface area contributed by atoms with Gasteiger partial charge in [-0.25, -0.2) is 0 Å². The molecule has 4 rings (SSSR count). The molecule has 0 radical (unpaired) electrons. The highest BCUT2D eigenvalue weighted by molar-refractivity contribution is 7.99. The maximum absolute atomic E-state index is 12.6. The fourth-order valence-corrected chi connectivity index (χ4v) is 4.76. The van der Waals surface area contributed by atoms with Gasteiger partial charge in [0.2, 0.25) is 11.8 Å². The van der Waals surface area contributed by atoms with Crippen LogP contribution in [0.4, 0.5) is 0 Å². The molecule has 0 aliphatic carbocycles. The van der Waals surface area contributed by atoms with Gasteiger partial charge in [0, 0.05) is 42.9 Å². The molecule has 0 spiro atoms. The van der Waals surface area contributed by atoms with Crippen LogP contribution in [-0.4, -0.2) is 75.1 Å². The molecule has 1 aliphatic heterocycles. The number of carbonyl (C=O) groups is 2. The minimum Gasteiger partial charge on any atom is -0.376 e. The molecule has 33 heavy (non-hydrogen) atoms. The second-order valence-corrected chi connectivity index (χ2v) is 9.13. The van der Waals surface area contributed by atoms with Gasteiger partial charge in [0.25, 0.3) is 0 Å². The Balaban J connectivity index is 1.50. The van der Waals surface area contributed by atoms with Crippen molar-refractivity contribution in [3.05, 3.63) is 30.5 Å². The molecule has 2 aromatic heterocycles. The molecule has 2 N–H and O–H groups in total. The van der Waals surface area contributed by atoms with Crippen molar-refractivity contribution in [1.82, 2.24) is 30.0 Å². The summed E-state index contributed by atoms with van der Waals surface area (Å²) in [4.78, 5) is 29.3. The zero-order valence-electron chi connectivity index (χ0n) is 19.0. The highest BCUT2D eigenvalue weighted by Crippen LogP contribution is 2.31. The van der Waals surface area contributed by atoms with Gasteiger partial charge in [-0.05, 0) is 25.3 Å². The Labute approximate surface area is 197 Å². The molecule has 1 aliphatic rings. The summed E-state index contributed by atoms with van der Waals surface area (Å²) in [6.07, 6.45) is 4.94. The fourth-order valence-electron chi connectivity index (χ4n) is 3.87. The predicted octanol–water partition coefficient (Wildman–Crippen LogP) is 2.68. The number of carbonyl (C=O) groups excluding carboxylic acids is 2. The van der Waals surface area contributed by atoms with Crippen LogP contribution in [0.2, 0.25) is 0 Å². The van der Waals surface area contributed by atoms with Crippen LogP contribution in [0.15, 0.2) is 35.6 Å². The number of ether oxygens (including phenoxy) is 1. The Morgan fingerprint density at radius 2 is 2.18 bits per heavy atom. The van der Waals surface area contributed by atoms with Crippen molar-refractivity contribution in [2.45, 2.75) is 44.0 Å². The summed E-state index contributed by atoms with van der Waals surface area (Å²) in [6.45, 7) is 4.04. The number of nitrogens with one attached hydrogen (secondary N) is 2. The molecule has 1 aromatic carbocycles. The quantitative estimate of drug-likeness (QED) is 0.442. The first-order valence-electron chi connectivity index (χ1n) is 11.3. The molecular weight excluding hydrogens is 440 g/mol. The molecule has 9 nitrogen and oxygen atoms in total. The topological polar surface area (TPSA) is 105 Å². The number of benzene rings is 1. The maximum Gasteiger partial charge on any atom is 0.239 e. The van der Waals surface area contributed by atoms with E-state index in [1.165, 1.54) is 16.7 Å². The van der Waals surface area contributed by atoms with Crippen molar-refractivity contribution in [1.29, 1.82) is 0 Å². The first-order chi connectivity index (χ1) is 16.1. The minimum atomic E-state index is -0.152. The van der Waals surface area contributed by atoms with Crippen LogP contribution >= 0.6 is 11.8 Å². The Hall–Kier alpha value is -2.85. The Morgan fingerprint density at radius 1 is 1.33 bits per heavy atom. The van der Waals surface area contributed by atoms with E-state index in [-0.39, 0.29) is 30.2 Å². The highest BCUT2D eigenvalue weighted by atomic mass is 32.2. The monoisotopic (exact) mass is 470 g/mol. The van der Waals surface area contributed by atoms with E-state index in [2.05, 4.69) is 31.1 Å². The molecule has 10 heteroatoms. The average Bonchev–Trinajstić information content (AvgIpc) is 3.56. The summed E-state index contributed by atoms with van der Waals surface area (Å²) >= 11 is 1.34. The van der Waals surface area contributed by atoms with E-state index >= 15 is 0 Å². The first-order valence-corrected chi connectivity index (χ1v) is 12.3. The van der Waals surface area contributed by atoms with E-state index in [1.807, 2.05) is 31.3 Å². The number of nitrogens with zero attached hydrogens (tertiary/aromatic N) is 4. The van der Waals surface area contributed by atoms with Crippen LogP contribution in [0.1, 0.15) is 26.2 Å². The van der Waals surface area contributed by atoms with Crippen molar-refractivity contribution in [2.24, 2.45) is 0 Å². The van der Waals surface area contributed by atoms with Crippen LogP contribution in [0.5, 0.6) is 0 Å². The lowest BCUT2D eigenvalue weighted by atomic mass is 10.1. The zero-order valence-corrected chi connectivity index (χ0v) is 19.9. The Bertz CT molecular complexity index is 1100. The Kier molecular flexibility index (Phi) is 7.66. The average molecular weight is 471 g/mol. The maximum atomic E-state index is 12.6. The molecule has 1 fully saturated rings. The van der Waals surface area contributed by atoms with Gasteiger partial charge >= 0.3 is 0 Å². The van der Waals surface area contributed by atoms with Crippen LogP contribution in [0, 0.1) is 0 Å². The molecule has 0 saturated carbocycles. The Morgan fingerprint density at radius 3 is 2.97 bits per heavy atom. The summed E-state index contributed by atoms with van der Waals surface area (Å²) in [6, 6.07) is 8.08. The molecule has 1 unspecified atom stereocenters. The number of hydrogen-bond donors (Lipinski definition) is 2. The van der Waals surface area contributed by atoms with E-state index in [0.717, 1.165) is 48.2 Å². The fraction of sp³-hybridized carbons (Fsp3) is 0.478. The van der Waals surface area contributed by atoms with Crippen LogP contribution in [0.25, 0.3) is 22.3 Å². The van der Waals surface area contributed by atoms with Crippen molar-refractivity contribution >= 4 is 34.5 Å². The highest BCUT2D eigenvalue weighted by Gasteiger charge is 2.24. The summed E-state index contributed by atoms with van der Waals surface area (Å²) in [5.74, 6) is 0.646. The van der Waals surface area contributed by atoms with Crippen LogP contribution < -0.4 is 5.32 Å². The minimum absolute atomic E-state index is 0.0442. The lowest BCUT2D eigenvalue weighted by molar-refractivity contribution is -0.132. The van der Waals surface area contributed by atoms with Crippen LogP contribution in [-0.2, 0) is 20.9 Å². The van der Waals surface area contributed by atoms with Gasteiger partial charge in [-0.3, -0.25) is 14.2 Å². The van der Waals surface area contributed by atoms with Gasteiger partial charge in [-0.1, -0.05) is 36.9 Å². The van der Waals surface area contributed by atoms with E-state index < -0.39 is 0 Å². The largest absolute Gasteiger partial charge is 0.376 e. The SMILES string of the molecule is CCCNC(=O)CN(C)C(=O)CSc1nnc(-c2c[nH]c3ccccc23)n1CC1CCCO1. The summed E-state index contributed by atoms with van der Waals surface area (Å²) in [5, 5.41) is 13.4. The van der Waals surface area contributed by atoms with Gasteiger partial charge in [0.15, 0.2) is 11.0 Å². The van der Waals surface area contributed by atoms with Gasteiger partial charge in [-0.2, -0.15) is 0 Å². The first kappa shape index (κ1) is 23.3. The number of aromatic amines is 1. The number of H-pyrrole nitrogens is 1. The van der Waals surface area contributed by atoms with Gasteiger partial charge in [-0.15, -0.1) is 10.2 Å². The molecular formula is C23H30N6O3S. The van der Waals surface area contributed by atoms with Crippen molar-refractivity contribution < 1.29 is 14.3 Å². The van der Waals surface area contributed by atoms with Crippen molar-refractivity contribution in [3.8, 4) is 11.4 Å². The van der Waals surface area contributed by atoms with E-state index in [9.17, 15) is 9.59 Å². The number of hydrogen-bond acceptors (Lipinski definition) is 6. The molecule has 1 atom stereocenters. The second-order valence-electron chi connectivity index (χ2n) is 8.19. The smallest absolute Gasteiger partial charge is 0.239 e. The third kappa shape index (κ3) is 5.56. The molecule has 1 saturated heterocycles. The molecule has 0 bridgehead atoms. The lowest BCUT2D eigenvalue weighted by Gasteiger charge is -2.17. The number of aromatic nitrogens is 4. The molecule has 3 heterocycles. The zero-order chi connectivity index (χ0) is 23.2. The van der Waals surface area contributed by atoms with Crippen molar-refractivity contribution in [3.63, 3.8) is 0 Å². The standard InChI is InChI=1S/C23H30N6O3S/c1-3-10-24-20(30)14-28(2)21(31)15-33-23-27-26-22(29(23)13-16-7-6-11-32-16)18-12-25-19-9-5-4-8-17(18)19/h4-5,8-9,12,16,25H,3,6-7,10-11,13-15H2,1-2H3,(H,24,30). The van der Waals surface area contributed by atoms with E-state index in [0.29, 0.717) is 18.2 Å². The second kappa shape index (κ2) is 10.8. The summed E-state index contributed by atoms with van der Waals surface area (Å²) in [5.41, 5.74) is 2.01. The van der Waals surface area contributed by atoms with Crippen molar-refractivity contribution in [2.75, 3.05) is 32.5 Å². The normalized spacial score (nSPS) is 15.8. The van der Waals surface area contributed by atoms with Gasteiger partial charge in [0.1, 0.15) is 0 Å². The molecule has 2 amide bonds. The number of likely N-dealkylation sites (N-methyl/N-ethyl adjacent to an activating group) is 1. The predicted molar refractivity (Wildman–Crippen MR) is 128 cm³/mol. The summed E-state index contributed by atoms with van der Waals surface area (Å²) < 4.78 is 7.92. The van der Waals surface area contributed by atoms with E-state index in [1.54, 1.807) is 7.05 Å². The van der Waals surface area contributed by atoms with E-state index in [4.69, 9.17) is 4.74 Å². The van der Waals surface area contributed by atoms with Gasteiger partial charge in [0.05, 0.1) is 24.9 Å². The number of para-hydroxylation sites is 1. The number of amides is 2. The lowest BCUT2D eigenvalue weighted by Crippen LogP contribution is -2.39. The number of thioether (sulfide) groups is 1. The summed E-state index contributed by atoms with van der Waals surface area (Å²) in [7, 11) is 1.64. The number of fused-ring (bicyclic) bond motifs is 1. The third-order valence-corrected chi connectivity index (χ3v) is 6.61. The molecule has 3 aromatic rings. The van der Waals surface area contributed by atoms with Gasteiger partial charge < -0.3 is 19.9 Å². The molecule has 176 valence electrons. The number of rotatable bonds is 10. The third-order valence-electron chi connectivity index (χ3n) is 5.66.